The second-order valence-electron chi connectivity index (χ2n) is 6.87. The lowest BCUT2D eigenvalue weighted by Gasteiger charge is -2.09. The van der Waals surface area contributed by atoms with Crippen molar-refractivity contribution in [2.24, 2.45) is 0 Å². The van der Waals surface area contributed by atoms with E-state index in [1.807, 2.05) is 13.0 Å². The largest absolute Gasteiger partial charge is 0.431 e. The number of aryl methyl sites for hydroxylation is 1. The van der Waals surface area contributed by atoms with Crippen molar-refractivity contribution in [1.29, 1.82) is 0 Å². The first-order chi connectivity index (χ1) is 14.9. The molecular formula is C24H16ClF2NO2S. The number of carbonyl (C=O) groups is 1. The zero-order valence-corrected chi connectivity index (χ0v) is 17.9. The predicted molar refractivity (Wildman–Crippen MR) is 118 cm³/mol. The molecule has 0 saturated carbocycles. The van der Waals surface area contributed by atoms with E-state index in [2.05, 4.69) is 4.98 Å². The van der Waals surface area contributed by atoms with Crippen LogP contribution in [-0.2, 0) is 6.42 Å². The number of rotatable bonds is 6. The van der Waals surface area contributed by atoms with Gasteiger partial charge in [0.2, 0.25) is 0 Å². The molecule has 1 heterocycles. The van der Waals surface area contributed by atoms with Gasteiger partial charge in [-0.2, -0.15) is 0 Å². The lowest BCUT2D eigenvalue weighted by Crippen LogP contribution is -2.09. The highest BCUT2D eigenvalue weighted by atomic mass is 35.5. The van der Waals surface area contributed by atoms with Crippen molar-refractivity contribution in [1.82, 2.24) is 4.98 Å². The van der Waals surface area contributed by atoms with Crippen LogP contribution in [0.1, 0.15) is 20.8 Å². The Balaban J connectivity index is 1.54. The van der Waals surface area contributed by atoms with Crippen LogP contribution < -0.4 is 4.74 Å². The normalized spacial score (nSPS) is 10.8. The van der Waals surface area contributed by atoms with Crippen molar-refractivity contribution < 1.29 is 18.3 Å². The van der Waals surface area contributed by atoms with Crippen molar-refractivity contribution in [2.45, 2.75) is 13.3 Å². The number of thiazole rings is 1. The minimum atomic E-state index is -0.861. The predicted octanol–water partition coefficient (Wildman–Crippen LogP) is 7.27. The summed E-state index contributed by atoms with van der Waals surface area (Å²) in [6, 6.07) is 15.8. The fourth-order valence-electron chi connectivity index (χ4n) is 3.11. The van der Waals surface area contributed by atoms with Crippen LogP contribution in [0.3, 0.4) is 0 Å². The first-order valence-electron chi connectivity index (χ1n) is 9.37. The molecule has 0 unspecified atom stereocenters. The number of ketones is 1. The molecular weight excluding hydrogens is 440 g/mol. The molecule has 0 spiro atoms. The number of ether oxygens (including phenoxy) is 1. The SMILES string of the molecule is Cc1cnc(Oc2ccc(Cl)c(-c3ccc(CC(=O)c4c(F)cccc4F)cc3)c2)s1. The van der Waals surface area contributed by atoms with E-state index in [9.17, 15) is 13.6 Å². The summed E-state index contributed by atoms with van der Waals surface area (Å²) in [5.41, 5.74) is 1.69. The van der Waals surface area contributed by atoms with E-state index in [1.165, 1.54) is 17.4 Å². The molecule has 1 aromatic heterocycles. The molecule has 0 saturated heterocycles. The Morgan fingerprint density at radius 3 is 2.42 bits per heavy atom. The van der Waals surface area contributed by atoms with Gasteiger partial charge in [-0.1, -0.05) is 53.3 Å². The number of aromatic nitrogens is 1. The molecule has 31 heavy (non-hydrogen) atoms. The van der Waals surface area contributed by atoms with Gasteiger partial charge in [-0.15, -0.1) is 0 Å². The molecule has 0 bridgehead atoms. The molecule has 7 heteroatoms. The summed E-state index contributed by atoms with van der Waals surface area (Å²) >= 11 is 7.82. The number of hydrogen-bond acceptors (Lipinski definition) is 4. The Morgan fingerprint density at radius 1 is 1.06 bits per heavy atom. The maximum atomic E-state index is 13.8. The van der Waals surface area contributed by atoms with Gasteiger partial charge in [0.1, 0.15) is 17.4 Å². The zero-order chi connectivity index (χ0) is 22.0. The van der Waals surface area contributed by atoms with Crippen LogP contribution in [0.5, 0.6) is 10.9 Å². The zero-order valence-electron chi connectivity index (χ0n) is 16.4. The van der Waals surface area contributed by atoms with Gasteiger partial charge in [-0.3, -0.25) is 4.79 Å². The molecule has 3 aromatic carbocycles. The monoisotopic (exact) mass is 455 g/mol. The maximum absolute atomic E-state index is 13.8. The van der Waals surface area contributed by atoms with E-state index in [0.717, 1.165) is 28.1 Å². The maximum Gasteiger partial charge on any atom is 0.278 e. The summed E-state index contributed by atoms with van der Waals surface area (Å²) in [5.74, 6) is -1.74. The molecule has 0 radical (unpaired) electrons. The van der Waals surface area contributed by atoms with Crippen LogP contribution in [0, 0.1) is 18.6 Å². The van der Waals surface area contributed by atoms with Gasteiger partial charge >= 0.3 is 0 Å². The summed E-state index contributed by atoms with van der Waals surface area (Å²) in [5, 5.41) is 1.08. The lowest BCUT2D eigenvalue weighted by molar-refractivity contribution is 0.0985. The lowest BCUT2D eigenvalue weighted by atomic mass is 9.99. The van der Waals surface area contributed by atoms with Crippen LogP contribution in [0.15, 0.2) is 66.9 Å². The van der Waals surface area contributed by atoms with Crippen molar-refractivity contribution >= 4 is 28.7 Å². The molecule has 0 N–H and O–H groups in total. The van der Waals surface area contributed by atoms with Crippen molar-refractivity contribution in [3.8, 4) is 22.1 Å². The Morgan fingerprint density at radius 2 is 1.77 bits per heavy atom. The van der Waals surface area contributed by atoms with Gasteiger partial charge < -0.3 is 4.74 Å². The number of benzene rings is 3. The van der Waals surface area contributed by atoms with Crippen LogP contribution in [-0.4, -0.2) is 10.8 Å². The average molecular weight is 456 g/mol. The number of nitrogens with zero attached hydrogens (tertiary/aromatic N) is 1. The van der Waals surface area contributed by atoms with E-state index in [-0.39, 0.29) is 6.42 Å². The molecule has 3 nitrogen and oxygen atoms in total. The number of Topliss-reactive ketones (excluding diaryl/α,β-unsaturated/α-hetero) is 1. The molecule has 156 valence electrons. The summed E-state index contributed by atoms with van der Waals surface area (Å²) in [6.07, 6.45) is 1.63. The van der Waals surface area contributed by atoms with Crippen molar-refractivity contribution in [3.63, 3.8) is 0 Å². The van der Waals surface area contributed by atoms with Crippen molar-refractivity contribution in [2.75, 3.05) is 0 Å². The van der Waals surface area contributed by atoms with Gasteiger partial charge in [0, 0.05) is 28.1 Å². The average Bonchev–Trinajstić information content (AvgIpc) is 3.14. The third kappa shape index (κ3) is 4.81. The topological polar surface area (TPSA) is 39.2 Å². The molecule has 4 rings (SSSR count). The molecule has 0 amide bonds. The summed E-state index contributed by atoms with van der Waals surface area (Å²) in [6.45, 7) is 1.95. The molecule has 0 aliphatic carbocycles. The molecule has 0 aliphatic heterocycles. The highest BCUT2D eigenvalue weighted by Crippen LogP contribution is 2.34. The van der Waals surface area contributed by atoms with Crippen LogP contribution >= 0.6 is 22.9 Å². The second-order valence-corrected chi connectivity index (χ2v) is 8.48. The summed E-state index contributed by atoms with van der Waals surface area (Å²) in [4.78, 5) is 17.6. The first kappa shape index (κ1) is 21.2. The second kappa shape index (κ2) is 8.96. The Kier molecular flexibility index (Phi) is 6.11. The van der Waals surface area contributed by atoms with Crippen molar-refractivity contribution in [3.05, 3.63) is 99.5 Å². The first-order valence-corrected chi connectivity index (χ1v) is 10.6. The van der Waals surface area contributed by atoms with Gasteiger partial charge in [-0.25, -0.2) is 13.8 Å². The van der Waals surface area contributed by atoms with Gasteiger partial charge in [-0.05, 0) is 48.4 Å². The van der Waals surface area contributed by atoms with Crippen LogP contribution in [0.25, 0.3) is 11.1 Å². The van der Waals surface area contributed by atoms with Gasteiger partial charge in [0.25, 0.3) is 5.19 Å². The Hall–Kier alpha value is -3.09. The Labute approximate surface area is 186 Å². The van der Waals surface area contributed by atoms with Gasteiger partial charge in [0.15, 0.2) is 5.78 Å². The molecule has 0 atom stereocenters. The van der Waals surface area contributed by atoms with E-state index < -0.39 is 23.0 Å². The van der Waals surface area contributed by atoms with E-state index >= 15 is 0 Å². The van der Waals surface area contributed by atoms with Crippen LogP contribution in [0.4, 0.5) is 8.78 Å². The minimum Gasteiger partial charge on any atom is -0.431 e. The van der Waals surface area contributed by atoms with Gasteiger partial charge in [0.05, 0.1) is 5.56 Å². The fraction of sp³-hybridized carbons (Fsp3) is 0.0833. The number of hydrogen-bond donors (Lipinski definition) is 0. The third-order valence-electron chi connectivity index (χ3n) is 4.61. The van der Waals surface area contributed by atoms with E-state index in [0.29, 0.717) is 21.5 Å². The fourth-order valence-corrected chi connectivity index (χ4v) is 3.96. The molecule has 4 aromatic rings. The van der Waals surface area contributed by atoms with E-state index in [1.54, 1.807) is 42.6 Å². The third-order valence-corrected chi connectivity index (χ3v) is 5.73. The number of carbonyl (C=O) groups excluding carboxylic acids is 1. The Bertz CT molecular complexity index is 1230. The van der Waals surface area contributed by atoms with E-state index in [4.69, 9.17) is 16.3 Å². The quantitative estimate of drug-likeness (QED) is 0.287. The molecule has 0 aliphatic rings. The standard InChI is InChI=1S/C24H16ClF2NO2S/c1-14-13-28-24(31-14)30-17-9-10-19(25)18(12-17)16-7-5-15(6-8-16)11-22(29)23-20(26)3-2-4-21(23)27/h2-10,12-13H,11H2,1H3. The minimum absolute atomic E-state index is 0.113. The molecule has 0 fully saturated rings. The smallest absolute Gasteiger partial charge is 0.278 e. The summed E-state index contributed by atoms with van der Waals surface area (Å²) < 4.78 is 33.5. The highest BCUT2D eigenvalue weighted by molar-refractivity contribution is 7.13. The van der Waals surface area contributed by atoms with Crippen LogP contribution in [0.2, 0.25) is 5.02 Å². The highest BCUT2D eigenvalue weighted by Gasteiger charge is 2.17. The number of halogens is 3. The summed E-state index contributed by atoms with van der Waals surface area (Å²) in [7, 11) is 0.